The lowest BCUT2D eigenvalue weighted by molar-refractivity contribution is 0.109. The van der Waals surface area contributed by atoms with Crippen molar-refractivity contribution in [3.8, 4) is 10.4 Å². The summed E-state index contributed by atoms with van der Waals surface area (Å²) in [4.78, 5) is 29.5. The third-order valence-corrected chi connectivity index (χ3v) is 8.82. The lowest BCUT2D eigenvalue weighted by Gasteiger charge is -2.28. The van der Waals surface area contributed by atoms with Crippen LogP contribution in [0.4, 0.5) is 15.3 Å². The number of sulfonamides is 1. The van der Waals surface area contributed by atoms with Crippen LogP contribution < -0.4 is 15.4 Å². The fraction of sp³-hybridized carbons (Fsp3) is 0.593. The maximum absolute atomic E-state index is 13.4. The highest BCUT2D eigenvalue weighted by atomic mass is 32.2. The van der Waals surface area contributed by atoms with Crippen LogP contribution >= 0.6 is 11.3 Å². The number of nitrogens with zero attached hydrogens (tertiary/aromatic N) is 1. The summed E-state index contributed by atoms with van der Waals surface area (Å²) in [6.07, 6.45) is 3.52. The molecule has 216 valence electrons. The molecule has 0 bridgehead atoms. The van der Waals surface area contributed by atoms with Gasteiger partial charge in [-0.15, -0.1) is 11.3 Å². The second-order valence-electron chi connectivity index (χ2n) is 11.4. The highest BCUT2D eigenvalue weighted by molar-refractivity contribution is 7.89. The van der Waals surface area contributed by atoms with Crippen molar-refractivity contribution in [1.29, 1.82) is 0 Å². The van der Waals surface area contributed by atoms with Gasteiger partial charge >= 0.3 is 12.2 Å². The molecule has 1 aliphatic carbocycles. The molecule has 3 N–H and O–H groups in total. The van der Waals surface area contributed by atoms with E-state index in [1.54, 1.807) is 52.9 Å². The van der Waals surface area contributed by atoms with E-state index in [2.05, 4.69) is 20.3 Å². The Labute approximate surface area is 235 Å². The van der Waals surface area contributed by atoms with Crippen LogP contribution in [-0.4, -0.2) is 49.4 Å². The number of nitrogens with one attached hydrogen (secondary N) is 3. The first-order valence-electron chi connectivity index (χ1n) is 13.2. The number of hydrogen-bond donors (Lipinski definition) is 3. The van der Waals surface area contributed by atoms with Gasteiger partial charge in [0.15, 0.2) is 0 Å². The number of carbonyl (C=O) groups is 2. The van der Waals surface area contributed by atoms with E-state index in [1.807, 2.05) is 13.8 Å². The highest BCUT2D eigenvalue weighted by Crippen LogP contribution is 2.40. The molecule has 1 aliphatic rings. The van der Waals surface area contributed by atoms with Gasteiger partial charge in [0.25, 0.3) is 0 Å². The number of aromatic nitrogens is 1. The van der Waals surface area contributed by atoms with Crippen LogP contribution in [0.3, 0.4) is 0 Å². The van der Waals surface area contributed by atoms with E-state index in [4.69, 9.17) is 9.47 Å². The number of rotatable bonds is 8. The molecule has 1 aromatic heterocycles. The number of benzene rings is 1. The van der Waals surface area contributed by atoms with E-state index in [9.17, 15) is 18.0 Å². The van der Waals surface area contributed by atoms with Crippen molar-refractivity contribution in [2.24, 2.45) is 0 Å². The number of thiazole rings is 1. The predicted molar refractivity (Wildman–Crippen MR) is 153 cm³/mol. The van der Waals surface area contributed by atoms with Gasteiger partial charge in [-0.05, 0) is 86.3 Å². The minimum absolute atomic E-state index is 0.0477. The van der Waals surface area contributed by atoms with E-state index in [-0.39, 0.29) is 29.1 Å². The number of anilines is 1. The number of ether oxygens (including phenoxy) is 2. The molecule has 2 aromatic rings. The quantitative estimate of drug-likeness (QED) is 0.348. The third kappa shape index (κ3) is 9.18. The molecular formula is C27H40N4O6S2. The molecule has 12 heteroatoms. The number of carbonyl (C=O) groups excluding carboxylic acids is 2. The van der Waals surface area contributed by atoms with Crippen molar-refractivity contribution >= 4 is 39.2 Å². The van der Waals surface area contributed by atoms with Crippen LogP contribution in [0.25, 0.3) is 10.4 Å². The summed E-state index contributed by atoms with van der Waals surface area (Å²) in [7, 11) is -3.94. The van der Waals surface area contributed by atoms with Crippen molar-refractivity contribution < 1.29 is 27.5 Å². The molecule has 1 saturated carbocycles. The Morgan fingerprint density at radius 2 is 1.62 bits per heavy atom. The lowest BCUT2D eigenvalue weighted by atomic mass is 9.86. The molecule has 39 heavy (non-hydrogen) atoms. The van der Waals surface area contributed by atoms with Gasteiger partial charge < -0.3 is 14.8 Å². The Kier molecular flexibility index (Phi) is 10.0. The maximum atomic E-state index is 13.4. The number of amides is 2. The first-order chi connectivity index (χ1) is 18.1. The van der Waals surface area contributed by atoms with E-state index in [1.165, 1.54) is 17.4 Å². The third-order valence-electron chi connectivity index (χ3n) is 5.83. The van der Waals surface area contributed by atoms with Gasteiger partial charge in [0.2, 0.25) is 10.0 Å². The largest absolute Gasteiger partial charge is 0.447 e. The topological polar surface area (TPSA) is 136 Å². The molecule has 0 aliphatic heterocycles. The summed E-state index contributed by atoms with van der Waals surface area (Å²) < 4.78 is 39.9. The van der Waals surface area contributed by atoms with Crippen molar-refractivity contribution in [2.75, 3.05) is 5.32 Å². The highest BCUT2D eigenvalue weighted by Gasteiger charge is 2.29. The molecule has 1 heterocycles. The van der Waals surface area contributed by atoms with Crippen molar-refractivity contribution in [2.45, 2.75) is 109 Å². The van der Waals surface area contributed by atoms with Crippen LogP contribution in [0.2, 0.25) is 0 Å². The molecule has 10 nitrogen and oxygen atoms in total. The van der Waals surface area contributed by atoms with Gasteiger partial charge in [0, 0.05) is 34.9 Å². The molecular weight excluding hydrogens is 540 g/mol. The normalized spacial score (nSPS) is 18.2. The van der Waals surface area contributed by atoms with Crippen LogP contribution in [0, 0.1) is 0 Å². The van der Waals surface area contributed by atoms with Gasteiger partial charge in [0.05, 0.1) is 27.0 Å². The zero-order chi connectivity index (χ0) is 29.0. The van der Waals surface area contributed by atoms with Gasteiger partial charge in [-0.25, -0.2) is 27.7 Å². The van der Waals surface area contributed by atoms with Gasteiger partial charge in [-0.1, -0.05) is 6.07 Å². The van der Waals surface area contributed by atoms with Gasteiger partial charge in [0.1, 0.15) is 0 Å². The van der Waals surface area contributed by atoms with Gasteiger partial charge in [-0.2, -0.15) is 0 Å². The Hall–Kier alpha value is -2.70. The zero-order valence-electron chi connectivity index (χ0n) is 23.7. The Bertz CT molecular complexity index is 1260. The molecule has 0 unspecified atom stereocenters. The zero-order valence-corrected chi connectivity index (χ0v) is 25.3. The monoisotopic (exact) mass is 580 g/mol. The fourth-order valence-corrected chi connectivity index (χ4v) is 7.20. The fourth-order valence-electron chi connectivity index (χ4n) is 4.35. The van der Waals surface area contributed by atoms with Crippen molar-refractivity contribution in [3.63, 3.8) is 0 Å². The van der Waals surface area contributed by atoms with E-state index < -0.39 is 27.7 Å². The van der Waals surface area contributed by atoms with Crippen LogP contribution in [0.15, 0.2) is 29.3 Å². The Balaban J connectivity index is 1.82. The molecule has 3 rings (SSSR count). The summed E-state index contributed by atoms with van der Waals surface area (Å²) in [5.41, 5.74) is 0.110. The minimum atomic E-state index is -3.94. The molecule has 0 spiro atoms. The molecule has 0 atom stereocenters. The van der Waals surface area contributed by atoms with E-state index >= 15 is 0 Å². The van der Waals surface area contributed by atoms with Crippen molar-refractivity contribution in [1.82, 2.24) is 15.0 Å². The summed E-state index contributed by atoms with van der Waals surface area (Å²) in [6.45, 7) is 12.4. The summed E-state index contributed by atoms with van der Waals surface area (Å²) in [6, 6.07) is 4.84. The summed E-state index contributed by atoms with van der Waals surface area (Å²) in [5.74, 6) is 0.224. The maximum Gasteiger partial charge on any atom is 0.411 e. The SMILES string of the molecule is CC(C)OC(=O)Nc1ccc(-c2cnc(C3CCC(NC(=O)OC(C)C)CC3)s2)c(S(=O)(=O)NC(C)(C)C)c1. The first-order valence-corrected chi connectivity index (χ1v) is 15.5. The Morgan fingerprint density at radius 1 is 1.00 bits per heavy atom. The first kappa shape index (κ1) is 30.8. The standard InChI is InChI=1S/C27H40N4O6S2/c1-16(2)36-25(32)29-19-10-8-18(9-11-19)24-28-15-22(38-24)21-13-12-20(30-26(33)37-17(3)4)14-23(21)39(34,35)31-27(5,6)7/h12-19,31H,8-11H2,1-7H3,(H,29,32)(H,30,33). The predicted octanol–water partition coefficient (Wildman–Crippen LogP) is 6.00. The van der Waals surface area contributed by atoms with Crippen LogP contribution in [-0.2, 0) is 19.5 Å². The Morgan fingerprint density at radius 3 is 2.21 bits per heavy atom. The average Bonchev–Trinajstić information content (AvgIpc) is 3.27. The lowest BCUT2D eigenvalue weighted by Crippen LogP contribution is -2.40. The van der Waals surface area contributed by atoms with Crippen molar-refractivity contribution in [3.05, 3.63) is 29.4 Å². The summed E-state index contributed by atoms with van der Waals surface area (Å²) >= 11 is 1.47. The minimum Gasteiger partial charge on any atom is -0.447 e. The second-order valence-corrected chi connectivity index (χ2v) is 14.1. The van der Waals surface area contributed by atoms with E-state index in [0.29, 0.717) is 11.3 Å². The molecule has 2 amide bonds. The smallest absolute Gasteiger partial charge is 0.411 e. The second kappa shape index (κ2) is 12.6. The molecule has 0 radical (unpaired) electrons. The number of alkyl carbamates (subject to hydrolysis) is 1. The molecule has 0 saturated heterocycles. The van der Waals surface area contributed by atoms with E-state index in [0.717, 1.165) is 35.6 Å². The van der Waals surface area contributed by atoms with Crippen LogP contribution in [0.1, 0.15) is 85.1 Å². The van der Waals surface area contributed by atoms with Crippen LogP contribution in [0.5, 0.6) is 0 Å². The molecule has 1 fully saturated rings. The summed E-state index contributed by atoms with van der Waals surface area (Å²) in [5, 5.41) is 6.48. The number of hydrogen-bond acceptors (Lipinski definition) is 8. The average molecular weight is 581 g/mol. The van der Waals surface area contributed by atoms with Gasteiger partial charge in [-0.3, -0.25) is 5.32 Å². The molecule has 1 aromatic carbocycles.